The lowest BCUT2D eigenvalue weighted by molar-refractivity contribution is 0.108. The normalized spacial score (nSPS) is 11.8. The summed E-state index contributed by atoms with van der Waals surface area (Å²) in [5, 5.41) is 6.24. The lowest BCUT2D eigenvalue weighted by Gasteiger charge is -2.12. The van der Waals surface area contributed by atoms with Crippen LogP contribution in [0.1, 0.15) is 25.8 Å². The van der Waals surface area contributed by atoms with Crippen LogP contribution in [0.25, 0.3) is 0 Å². The van der Waals surface area contributed by atoms with Gasteiger partial charge in [0.25, 0.3) is 0 Å². The van der Waals surface area contributed by atoms with Crippen molar-refractivity contribution in [1.29, 1.82) is 0 Å². The monoisotopic (exact) mass is 327 g/mol. The Morgan fingerprint density at radius 1 is 1.22 bits per heavy atom. The number of ether oxygens (including phenoxy) is 1. The number of nitrogens with zero attached hydrogens (tertiary/aromatic N) is 1. The van der Waals surface area contributed by atoms with Crippen molar-refractivity contribution in [1.82, 2.24) is 10.6 Å². The molecule has 0 aliphatic rings. The average Bonchev–Trinajstić information content (AvgIpc) is 2.51. The third kappa shape index (κ3) is 8.50. The van der Waals surface area contributed by atoms with E-state index in [1.807, 2.05) is 0 Å². The molecule has 0 heterocycles. The number of aliphatic imine (C=N–C) groups is 1. The van der Waals surface area contributed by atoms with Crippen molar-refractivity contribution in [2.45, 2.75) is 26.7 Å². The summed E-state index contributed by atoms with van der Waals surface area (Å²) in [6.07, 6.45) is 1.27. The molecule has 4 nitrogen and oxygen atoms in total. The Morgan fingerprint density at radius 3 is 2.65 bits per heavy atom. The number of nitrogens with one attached hydrogen (secondary N) is 2. The van der Waals surface area contributed by atoms with Gasteiger partial charge in [0.15, 0.2) is 5.96 Å². The zero-order valence-electron chi connectivity index (χ0n) is 14.2. The van der Waals surface area contributed by atoms with Gasteiger partial charge in [-0.2, -0.15) is 0 Å². The van der Waals surface area contributed by atoms with E-state index in [-0.39, 0.29) is 0 Å². The molecule has 1 aromatic rings. The van der Waals surface area contributed by atoms with Crippen LogP contribution in [0.15, 0.2) is 23.2 Å². The maximum Gasteiger partial charge on any atom is 0.190 e. The SMILES string of the molecule is CN=C(NCCCOCC(C)C)NCCc1cc(F)ccc1F. The minimum atomic E-state index is -0.426. The third-order valence-corrected chi connectivity index (χ3v) is 3.13. The molecule has 0 saturated carbocycles. The zero-order valence-corrected chi connectivity index (χ0v) is 14.2. The first-order valence-electron chi connectivity index (χ1n) is 7.99. The number of rotatable bonds is 9. The maximum atomic E-state index is 13.5. The van der Waals surface area contributed by atoms with Gasteiger partial charge in [-0.25, -0.2) is 8.78 Å². The fourth-order valence-electron chi connectivity index (χ4n) is 1.97. The number of hydrogen-bond acceptors (Lipinski definition) is 2. The summed E-state index contributed by atoms with van der Waals surface area (Å²) < 4.78 is 32.1. The van der Waals surface area contributed by atoms with Crippen LogP contribution in [-0.2, 0) is 11.2 Å². The van der Waals surface area contributed by atoms with Crippen molar-refractivity contribution >= 4 is 5.96 Å². The Kier molecular flexibility index (Phi) is 9.21. The first-order chi connectivity index (χ1) is 11.0. The van der Waals surface area contributed by atoms with E-state index in [0.717, 1.165) is 31.7 Å². The van der Waals surface area contributed by atoms with Crippen LogP contribution in [0.2, 0.25) is 0 Å². The van der Waals surface area contributed by atoms with E-state index in [0.29, 0.717) is 37.0 Å². The van der Waals surface area contributed by atoms with E-state index in [4.69, 9.17) is 4.74 Å². The molecule has 0 aliphatic heterocycles. The van der Waals surface area contributed by atoms with Gasteiger partial charge < -0.3 is 15.4 Å². The second-order valence-corrected chi connectivity index (χ2v) is 5.73. The number of guanidine groups is 1. The predicted octanol–water partition coefficient (Wildman–Crippen LogP) is 2.74. The molecule has 130 valence electrons. The molecule has 0 fully saturated rings. The highest BCUT2D eigenvalue weighted by Gasteiger charge is 2.04. The minimum Gasteiger partial charge on any atom is -0.381 e. The second kappa shape index (κ2) is 10.9. The van der Waals surface area contributed by atoms with Crippen LogP contribution in [0.5, 0.6) is 0 Å². The molecular weight excluding hydrogens is 300 g/mol. The molecule has 2 N–H and O–H groups in total. The predicted molar refractivity (Wildman–Crippen MR) is 89.7 cm³/mol. The van der Waals surface area contributed by atoms with Gasteiger partial charge in [-0.3, -0.25) is 4.99 Å². The summed E-state index contributed by atoms with van der Waals surface area (Å²) in [6, 6.07) is 3.49. The van der Waals surface area contributed by atoms with Crippen LogP contribution in [0, 0.1) is 17.6 Å². The molecule has 0 unspecified atom stereocenters. The van der Waals surface area contributed by atoms with Gasteiger partial charge in [-0.05, 0) is 42.5 Å². The smallest absolute Gasteiger partial charge is 0.190 e. The molecule has 0 radical (unpaired) electrons. The Balaban J connectivity index is 2.20. The van der Waals surface area contributed by atoms with Gasteiger partial charge in [-0.1, -0.05) is 13.8 Å². The molecule has 1 aromatic carbocycles. The van der Waals surface area contributed by atoms with Crippen LogP contribution in [0.3, 0.4) is 0 Å². The molecule has 1 rings (SSSR count). The standard InChI is InChI=1S/C17H27F2N3O/c1-13(2)12-23-10-4-8-21-17(20-3)22-9-7-14-11-15(18)5-6-16(14)19/h5-6,11,13H,4,7-10,12H2,1-3H3,(H2,20,21,22). The lowest BCUT2D eigenvalue weighted by atomic mass is 10.1. The molecule has 6 heteroatoms. The van der Waals surface area contributed by atoms with Gasteiger partial charge in [-0.15, -0.1) is 0 Å². The highest BCUT2D eigenvalue weighted by atomic mass is 19.1. The van der Waals surface area contributed by atoms with E-state index >= 15 is 0 Å². The topological polar surface area (TPSA) is 45.7 Å². The van der Waals surface area contributed by atoms with E-state index in [9.17, 15) is 8.78 Å². The van der Waals surface area contributed by atoms with E-state index < -0.39 is 11.6 Å². The fraction of sp³-hybridized carbons (Fsp3) is 0.588. The van der Waals surface area contributed by atoms with Crippen LogP contribution >= 0.6 is 0 Å². The molecule has 0 atom stereocenters. The third-order valence-electron chi connectivity index (χ3n) is 3.13. The van der Waals surface area contributed by atoms with Crippen molar-refractivity contribution < 1.29 is 13.5 Å². The first kappa shape index (κ1) is 19.4. The highest BCUT2D eigenvalue weighted by Crippen LogP contribution is 2.09. The van der Waals surface area contributed by atoms with E-state index in [1.54, 1.807) is 7.05 Å². The highest BCUT2D eigenvalue weighted by molar-refractivity contribution is 5.79. The fourth-order valence-corrected chi connectivity index (χ4v) is 1.97. The maximum absolute atomic E-state index is 13.5. The van der Waals surface area contributed by atoms with Crippen molar-refractivity contribution in [3.8, 4) is 0 Å². The van der Waals surface area contributed by atoms with Crippen molar-refractivity contribution in [3.05, 3.63) is 35.4 Å². The number of benzene rings is 1. The molecule has 0 saturated heterocycles. The Bertz CT molecular complexity index is 493. The largest absolute Gasteiger partial charge is 0.381 e. The van der Waals surface area contributed by atoms with Gasteiger partial charge in [0.2, 0.25) is 0 Å². The Labute approximate surface area is 137 Å². The summed E-state index contributed by atoms with van der Waals surface area (Å²) in [4.78, 5) is 4.09. The molecule has 0 bridgehead atoms. The Hall–Kier alpha value is -1.69. The van der Waals surface area contributed by atoms with Crippen LogP contribution in [0.4, 0.5) is 8.78 Å². The molecule has 0 spiro atoms. The molecule has 23 heavy (non-hydrogen) atoms. The lowest BCUT2D eigenvalue weighted by Crippen LogP contribution is -2.39. The van der Waals surface area contributed by atoms with E-state index in [1.165, 1.54) is 6.07 Å². The molecule has 0 amide bonds. The molecule has 0 aromatic heterocycles. The quantitative estimate of drug-likeness (QED) is 0.416. The molecular formula is C17H27F2N3O. The summed E-state index contributed by atoms with van der Waals surface area (Å²) in [5.41, 5.74) is 0.357. The zero-order chi connectivity index (χ0) is 17.1. The summed E-state index contributed by atoms with van der Waals surface area (Å²) in [6.45, 7) is 6.93. The minimum absolute atomic E-state index is 0.357. The van der Waals surface area contributed by atoms with Gasteiger partial charge in [0.05, 0.1) is 0 Å². The van der Waals surface area contributed by atoms with Crippen LogP contribution in [-0.4, -0.2) is 39.3 Å². The van der Waals surface area contributed by atoms with E-state index in [2.05, 4.69) is 29.5 Å². The summed E-state index contributed by atoms with van der Waals surface area (Å²) in [5.74, 6) is 0.370. The van der Waals surface area contributed by atoms with Crippen molar-refractivity contribution in [3.63, 3.8) is 0 Å². The number of halogens is 2. The number of hydrogen-bond donors (Lipinski definition) is 2. The molecule has 0 aliphatic carbocycles. The van der Waals surface area contributed by atoms with Crippen molar-refractivity contribution in [2.24, 2.45) is 10.9 Å². The van der Waals surface area contributed by atoms with Gasteiger partial charge in [0, 0.05) is 33.4 Å². The Morgan fingerprint density at radius 2 is 1.96 bits per heavy atom. The summed E-state index contributed by atoms with van der Waals surface area (Å²) >= 11 is 0. The first-order valence-corrected chi connectivity index (χ1v) is 7.99. The summed E-state index contributed by atoms with van der Waals surface area (Å²) in [7, 11) is 1.67. The van der Waals surface area contributed by atoms with Crippen molar-refractivity contribution in [2.75, 3.05) is 33.4 Å². The average molecular weight is 327 g/mol. The van der Waals surface area contributed by atoms with Gasteiger partial charge >= 0.3 is 0 Å². The van der Waals surface area contributed by atoms with Gasteiger partial charge in [0.1, 0.15) is 11.6 Å². The second-order valence-electron chi connectivity index (χ2n) is 5.73. The van der Waals surface area contributed by atoms with Crippen LogP contribution < -0.4 is 10.6 Å².